The monoisotopic (exact) mass is 604 g/mol. The van der Waals surface area contributed by atoms with Crippen molar-refractivity contribution in [1.29, 1.82) is 0 Å². The first-order valence-corrected chi connectivity index (χ1v) is 14.5. The second-order valence-electron chi connectivity index (χ2n) is 9.77. The van der Waals surface area contributed by atoms with Crippen molar-refractivity contribution >= 4 is 30.5 Å². The first-order chi connectivity index (χ1) is 19.1. The molecule has 0 amide bonds. The van der Waals surface area contributed by atoms with Gasteiger partial charge >= 0.3 is 7.60 Å². The quantitative estimate of drug-likeness (QED) is 0.129. The Bertz CT molecular complexity index is 1340. The standard InChI is InChI=1S/C21H30ClN8O9P/c22-20-24-19(23-11-3-1-2-4-11)13-6-5-12(30(13)27-20)18-17(33)16(32)14(39-18)7-38-21(9-31,40(34,35)36)10-37-8-15-25-28-29-26-15/h5-6,11,14,16-18,31-33H,1-4,7-10H2,(H,23,24,27)(H2,34,35,36)(H,25,26,28,29)/t14-,16-,17-,18-,21?/m1/s1. The van der Waals surface area contributed by atoms with Crippen LogP contribution in [0.4, 0.5) is 5.82 Å². The lowest BCUT2D eigenvalue weighted by atomic mass is 10.1. The maximum Gasteiger partial charge on any atom is 0.361 e. The summed E-state index contributed by atoms with van der Waals surface area (Å²) >= 11 is 6.19. The second-order valence-corrected chi connectivity index (χ2v) is 12.0. The first-order valence-electron chi connectivity index (χ1n) is 12.6. The number of aliphatic hydroxyl groups excluding tert-OH is 3. The summed E-state index contributed by atoms with van der Waals surface area (Å²) in [6.45, 7) is -2.73. The van der Waals surface area contributed by atoms with Crippen LogP contribution in [0.3, 0.4) is 0 Å². The highest BCUT2D eigenvalue weighted by Crippen LogP contribution is 2.51. The number of aromatic nitrogens is 7. The van der Waals surface area contributed by atoms with Crippen molar-refractivity contribution in [3.63, 3.8) is 0 Å². The average Bonchev–Trinajstić information content (AvgIpc) is 3.71. The molecule has 7 N–H and O–H groups in total. The predicted octanol–water partition coefficient (Wildman–Crippen LogP) is -0.488. The van der Waals surface area contributed by atoms with E-state index in [-0.39, 0.29) is 23.8 Å². The van der Waals surface area contributed by atoms with Crippen molar-refractivity contribution in [3.05, 3.63) is 28.9 Å². The van der Waals surface area contributed by atoms with Gasteiger partial charge in [0.2, 0.25) is 10.6 Å². The molecule has 220 valence electrons. The molecule has 1 saturated carbocycles. The molecule has 1 aliphatic carbocycles. The molecule has 2 aliphatic rings. The maximum atomic E-state index is 12.3. The Labute approximate surface area is 232 Å². The molecule has 2 fully saturated rings. The smallest absolute Gasteiger partial charge is 0.361 e. The Hall–Kier alpha value is -2.31. The highest BCUT2D eigenvalue weighted by molar-refractivity contribution is 7.53. The Morgan fingerprint density at radius 3 is 2.70 bits per heavy atom. The summed E-state index contributed by atoms with van der Waals surface area (Å²) in [4.78, 5) is 24.2. The maximum absolute atomic E-state index is 12.3. The van der Waals surface area contributed by atoms with Crippen LogP contribution in [0.25, 0.3) is 5.52 Å². The number of fused-ring (bicyclic) bond motifs is 1. The van der Waals surface area contributed by atoms with E-state index < -0.39 is 57.2 Å². The number of anilines is 1. The van der Waals surface area contributed by atoms with Gasteiger partial charge in [-0.05, 0) is 36.6 Å². The van der Waals surface area contributed by atoms with Gasteiger partial charge < -0.3 is 44.6 Å². The van der Waals surface area contributed by atoms with Gasteiger partial charge in [-0.1, -0.05) is 18.1 Å². The third-order valence-electron chi connectivity index (χ3n) is 7.11. The number of hydrogen-bond donors (Lipinski definition) is 7. The van der Waals surface area contributed by atoms with Crippen LogP contribution in [0.1, 0.15) is 43.3 Å². The summed E-state index contributed by atoms with van der Waals surface area (Å²) in [5, 5.41) is 49.5. The largest absolute Gasteiger partial charge is 0.393 e. The van der Waals surface area contributed by atoms with Gasteiger partial charge in [0.1, 0.15) is 36.5 Å². The predicted molar refractivity (Wildman–Crippen MR) is 135 cm³/mol. The van der Waals surface area contributed by atoms with Gasteiger partial charge in [0.15, 0.2) is 11.6 Å². The van der Waals surface area contributed by atoms with Crippen molar-refractivity contribution < 1.29 is 43.9 Å². The Morgan fingerprint density at radius 1 is 1.25 bits per heavy atom. The molecule has 0 spiro atoms. The number of nitrogens with one attached hydrogen (secondary N) is 2. The van der Waals surface area contributed by atoms with Crippen molar-refractivity contribution in [1.82, 2.24) is 35.2 Å². The lowest BCUT2D eigenvalue weighted by Gasteiger charge is -2.33. The van der Waals surface area contributed by atoms with Crippen LogP contribution in [0, 0.1) is 0 Å². The van der Waals surface area contributed by atoms with Crippen LogP contribution in [-0.2, 0) is 25.4 Å². The van der Waals surface area contributed by atoms with Crippen LogP contribution in [0.15, 0.2) is 12.1 Å². The molecule has 0 bridgehead atoms. The average molecular weight is 605 g/mol. The number of tetrazole rings is 1. The first kappa shape index (κ1) is 29.2. The molecule has 19 heteroatoms. The van der Waals surface area contributed by atoms with Crippen LogP contribution in [0.2, 0.25) is 5.28 Å². The molecular weight excluding hydrogens is 575 g/mol. The molecule has 1 saturated heterocycles. The van der Waals surface area contributed by atoms with Crippen LogP contribution in [0.5, 0.6) is 0 Å². The summed E-state index contributed by atoms with van der Waals surface area (Å²) in [6.07, 6.45) is -1.02. The number of aliphatic hydroxyl groups is 3. The summed E-state index contributed by atoms with van der Waals surface area (Å²) in [6, 6.07) is 3.64. The van der Waals surface area contributed by atoms with Crippen LogP contribution >= 0.6 is 19.2 Å². The highest BCUT2D eigenvalue weighted by Gasteiger charge is 2.51. The van der Waals surface area contributed by atoms with E-state index in [1.165, 1.54) is 4.52 Å². The van der Waals surface area contributed by atoms with E-state index in [0.717, 1.165) is 25.7 Å². The molecule has 5 rings (SSSR count). The lowest BCUT2D eigenvalue weighted by molar-refractivity contribution is -0.126. The topological polar surface area (TPSA) is 243 Å². The number of H-pyrrole nitrogens is 1. The van der Waals surface area contributed by atoms with Gasteiger partial charge in [0.25, 0.3) is 0 Å². The molecule has 3 aromatic heterocycles. The van der Waals surface area contributed by atoms with E-state index in [0.29, 0.717) is 17.0 Å². The molecule has 0 aromatic carbocycles. The number of aromatic amines is 1. The summed E-state index contributed by atoms with van der Waals surface area (Å²) < 4.78 is 30.4. The van der Waals surface area contributed by atoms with Crippen molar-refractivity contribution in [2.45, 2.75) is 68.1 Å². The fourth-order valence-corrected chi connectivity index (χ4v) is 5.73. The fraction of sp³-hybridized carbons (Fsp3) is 0.667. The third-order valence-corrected chi connectivity index (χ3v) is 8.73. The summed E-state index contributed by atoms with van der Waals surface area (Å²) in [5.41, 5.74) is 0.963. The Morgan fingerprint density at radius 2 is 2.02 bits per heavy atom. The van der Waals surface area contributed by atoms with Crippen LogP contribution < -0.4 is 5.32 Å². The van der Waals surface area contributed by atoms with Gasteiger partial charge in [-0.3, -0.25) is 4.57 Å². The molecule has 0 radical (unpaired) electrons. The van der Waals surface area contributed by atoms with Crippen molar-refractivity contribution in [3.8, 4) is 0 Å². The Balaban J connectivity index is 1.31. The fourth-order valence-electron chi connectivity index (χ4n) is 4.88. The van der Waals surface area contributed by atoms with E-state index in [4.69, 9.17) is 25.8 Å². The molecule has 1 aliphatic heterocycles. The number of nitrogens with zero attached hydrogens (tertiary/aromatic N) is 6. The zero-order valence-electron chi connectivity index (χ0n) is 21.1. The van der Waals surface area contributed by atoms with E-state index in [9.17, 15) is 29.7 Å². The molecule has 1 unspecified atom stereocenters. The SMILES string of the molecule is O=P(O)(O)C(CO)(COCc1nn[nH]n1)OC[C@H]1O[C@H](c2ccc3c(NC4CCCC4)nc(Cl)nn23)[C@H](O)[C@@H]1O. The number of hydrogen-bond acceptors (Lipinski definition) is 13. The minimum atomic E-state index is -5.13. The Kier molecular flexibility index (Phi) is 8.68. The zero-order valence-corrected chi connectivity index (χ0v) is 22.7. The number of halogens is 1. The second kappa shape index (κ2) is 11.9. The van der Waals surface area contributed by atoms with E-state index in [2.05, 4.69) is 36.0 Å². The summed E-state index contributed by atoms with van der Waals surface area (Å²) in [5.74, 6) is 0.643. The third kappa shape index (κ3) is 5.85. The molecule has 40 heavy (non-hydrogen) atoms. The van der Waals surface area contributed by atoms with Gasteiger partial charge in [0, 0.05) is 6.04 Å². The number of ether oxygens (including phenoxy) is 3. The van der Waals surface area contributed by atoms with Gasteiger partial charge in [0.05, 0.1) is 25.5 Å². The van der Waals surface area contributed by atoms with Gasteiger partial charge in [-0.25, -0.2) is 4.52 Å². The molecule has 5 atom stereocenters. The molecular formula is C21H30ClN8O9P. The highest BCUT2D eigenvalue weighted by atomic mass is 35.5. The van der Waals surface area contributed by atoms with E-state index in [1.54, 1.807) is 12.1 Å². The summed E-state index contributed by atoms with van der Waals surface area (Å²) in [7, 11) is -5.13. The van der Waals surface area contributed by atoms with E-state index >= 15 is 0 Å². The minimum Gasteiger partial charge on any atom is -0.393 e. The van der Waals surface area contributed by atoms with Crippen molar-refractivity contribution in [2.24, 2.45) is 0 Å². The van der Waals surface area contributed by atoms with Crippen molar-refractivity contribution in [2.75, 3.05) is 25.1 Å². The van der Waals surface area contributed by atoms with Gasteiger partial charge in [-0.2, -0.15) is 10.2 Å². The lowest BCUT2D eigenvalue weighted by Crippen LogP contribution is -2.45. The minimum absolute atomic E-state index is 0.0337. The molecule has 3 aromatic rings. The van der Waals surface area contributed by atoms with Gasteiger partial charge in [-0.15, -0.1) is 15.3 Å². The van der Waals surface area contributed by atoms with Crippen LogP contribution in [-0.4, -0.2) is 110 Å². The molecule has 17 nitrogen and oxygen atoms in total. The normalized spacial score (nSPS) is 25.6. The number of rotatable bonds is 12. The van der Waals surface area contributed by atoms with E-state index in [1.807, 2.05) is 0 Å². The molecule has 4 heterocycles. The zero-order chi connectivity index (χ0) is 28.5.